The van der Waals surface area contributed by atoms with Crippen LogP contribution < -0.4 is 5.32 Å². The lowest BCUT2D eigenvalue weighted by atomic mass is 10.0. The molecule has 2 nitrogen and oxygen atoms in total. The molecule has 0 bridgehead atoms. The maximum atomic E-state index is 10.3. The first-order valence-corrected chi connectivity index (χ1v) is 12.0. The molecule has 1 unspecified atom stereocenters. The molecule has 0 aliphatic rings. The Hall–Kier alpha value is -0.530. The molecule has 2 heteroatoms. The maximum Gasteiger partial charge on any atom is 0.207 e. The smallest absolute Gasteiger partial charge is 0.207 e. The second kappa shape index (κ2) is 22.5. The first-order valence-electron chi connectivity index (χ1n) is 12.0. The number of carbonyl (C=O) groups excluding carboxylic acids is 1. The van der Waals surface area contributed by atoms with Gasteiger partial charge in [0.2, 0.25) is 6.41 Å². The van der Waals surface area contributed by atoms with E-state index in [2.05, 4.69) is 19.2 Å². The second-order valence-corrected chi connectivity index (χ2v) is 8.34. The van der Waals surface area contributed by atoms with Crippen LogP contribution >= 0.6 is 0 Å². The van der Waals surface area contributed by atoms with Crippen molar-refractivity contribution in [1.29, 1.82) is 0 Å². The molecule has 0 rings (SSSR count). The highest BCUT2D eigenvalue weighted by Crippen LogP contribution is 2.14. The van der Waals surface area contributed by atoms with Crippen molar-refractivity contribution in [2.45, 2.75) is 148 Å². The van der Waals surface area contributed by atoms with Crippen LogP contribution in [0.4, 0.5) is 0 Å². The lowest BCUT2D eigenvalue weighted by Crippen LogP contribution is -2.23. The van der Waals surface area contributed by atoms with Gasteiger partial charge in [0.1, 0.15) is 0 Å². The van der Waals surface area contributed by atoms with E-state index in [0.717, 1.165) is 12.8 Å². The fraction of sp³-hybridized carbons (Fsp3) is 0.958. The van der Waals surface area contributed by atoms with Crippen molar-refractivity contribution >= 4 is 6.41 Å². The summed E-state index contributed by atoms with van der Waals surface area (Å²) in [6, 6.07) is 0.346. The molecule has 0 saturated heterocycles. The Morgan fingerprint density at radius 1 is 0.577 bits per heavy atom. The summed E-state index contributed by atoms with van der Waals surface area (Å²) in [6.07, 6.45) is 29.0. The van der Waals surface area contributed by atoms with Gasteiger partial charge in [-0.1, -0.05) is 129 Å². The van der Waals surface area contributed by atoms with Crippen molar-refractivity contribution in [2.24, 2.45) is 0 Å². The molecule has 0 saturated carbocycles. The Morgan fingerprint density at radius 3 is 1.19 bits per heavy atom. The molecule has 0 aromatic carbocycles. The van der Waals surface area contributed by atoms with Crippen LogP contribution in [0.3, 0.4) is 0 Å². The Morgan fingerprint density at radius 2 is 0.885 bits per heavy atom. The number of nitrogens with one attached hydrogen (secondary N) is 1. The molecule has 1 amide bonds. The zero-order chi connectivity index (χ0) is 19.1. The summed E-state index contributed by atoms with van der Waals surface area (Å²) in [5.41, 5.74) is 0. The van der Waals surface area contributed by atoms with Gasteiger partial charge in [0.15, 0.2) is 0 Å². The highest BCUT2D eigenvalue weighted by molar-refractivity contribution is 5.46. The van der Waals surface area contributed by atoms with Gasteiger partial charge in [-0.3, -0.25) is 4.79 Å². The minimum absolute atomic E-state index is 0.346. The number of rotatable bonds is 22. The van der Waals surface area contributed by atoms with Crippen LogP contribution in [0.15, 0.2) is 0 Å². The number of amides is 1. The highest BCUT2D eigenvalue weighted by atomic mass is 16.1. The van der Waals surface area contributed by atoms with E-state index in [-0.39, 0.29) is 0 Å². The van der Waals surface area contributed by atoms with Gasteiger partial charge in [-0.05, 0) is 13.3 Å². The Bertz CT molecular complexity index is 267. The van der Waals surface area contributed by atoms with E-state index in [0.29, 0.717) is 6.04 Å². The average molecular weight is 368 g/mol. The summed E-state index contributed by atoms with van der Waals surface area (Å²) in [5, 5.41) is 2.82. The van der Waals surface area contributed by atoms with Crippen LogP contribution in [0.5, 0.6) is 0 Å². The zero-order valence-electron chi connectivity index (χ0n) is 18.2. The summed E-state index contributed by atoms with van der Waals surface area (Å²) in [6.45, 7) is 4.38. The van der Waals surface area contributed by atoms with Crippen LogP contribution in [0.25, 0.3) is 0 Å². The van der Waals surface area contributed by atoms with E-state index in [4.69, 9.17) is 0 Å². The van der Waals surface area contributed by atoms with Gasteiger partial charge in [-0.2, -0.15) is 0 Å². The van der Waals surface area contributed by atoms with Gasteiger partial charge in [-0.15, -0.1) is 0 Å². The first kappa shape index (κ1) is 25.5. The van der Waals surface area contributed by atoms with Crippen molar-refractivity contribution < 1.29 is 4.79 Å². The van der Waals surface area contributed by atoms with Crippen molar-refractivity contribution in [3.63, 3.8) is 0 Å². The first-order chi connectivity index (χ1) is 12.8. The molecule has 0 heterocycles. The van der Waals surface area contributed by atoms with E-state index in [1.54, 1.807) is 0 Å². The molecule has 1 atom stereocenters. The lowest BCUT2D eigenvalue weighted by Gasteiger charge is -2.09. The lowest BCUT2D eigenvalue weighted by molar-refractivity contribution is -0.110. The third kappa shape index (κ3) is 21.5. The third-order valence-corrected chi connectivity index (χ3v) is 5.59. The third-order valence-electron chi connectivity index (χ3n) is 5.59. The fourth-order valence-electron chi connectivity index (χ4n) is 3.73. The van der Waals surface area contributed by atoms with E-state index < -0.39 is 0 Å². The molecule has 1 N–H and O–H groups in total. The van der Waals surface area contributed by atoms with Gasteiger partial charge >= 0.3 is 0 Å². The Labute approximate surface area is 165 Å². The predicted octanol–water partition coefficient (Wildman–Crippen LogP) is 7.94. The predicted molar refractivity (Wildman–Crippen MR) is 117 cm³/mol. The molecule has 0 aliphatic heterocycles. The van der Waals surface area contributed by atoms with Gasteiger partial charge in [0.25, 0.3) is 0 Å². The summed E-state index contributed by atoms with van der Waals surface area (Å²) in [7, 11) is 0. The molecule has 0 aromatic rings. The molecule has 0 radical (unpaired) electrons. The normalized spacial score (nSPS) is 12.2. The molecule has 156 valence electrons. The minimum atomic E-state index is 0.346. The molecular weight excluding hydrogens is 318 g/mol. The molecule has 0 aromatic heterocycles. The number of carbonyl (C=O) groups is 1. The summed E-state index contributed by atoms with van der Waals surface area (Å²) in [4.78, 5) is 10.3. The number of hydrogen-bond donors (Lipinski definition) is 1. The Kier molecular flexibility index (Phi) is 22.1. The van der Waals surface area contributed by atoms with Crippen molar-refractivity contribution in [2.75, 3.05) is 0 Å². The monoisotopic (exact) mass is 367 g/mol. The average Bonchev–Trinajstić information content (AvgIpc) is 2.64. The summed E-state index contributed by atoms with van der Waals surface area (Å²) in [5.74, 6) is 0. The van der Waals surface area contributed by atoms with Crippen molar-refractivity contribution in [1.82, 2.24) is 5.32 Å². The topological polar surface area (TPSA) is 29.1 Å². The van der Waals surface area contributed by atoms with E-state index in [9.17, 15) is 4.79 Å². The van der Waals surface area contributed by atoms with E-state index in [1.807, 2.05) is 0 Å². The molecule has 0 aliphatic carbocycles. The van der Waals surface area contributed by atoms with Gasteiger partial charge in [-0.25, -0.2) is 0 Å². The van der Waals surface area contributed by atoms with Gasteiger partial charge in [0.05, 0.1) is 0 Å². The molecule has 26 heavy (non-hydrogen) atoms. The molecule has 0 spiro atoms. The van der Waals surface area contributed by atoms with E-state index >= 15 is 0 Å². The quantitative estimate of drug-likeness (QED) is 0.153. The van der Waals surface area contributed by atoms with Crippen LogP contribution in [-0.2, 0) is 4.79 Å². The van der Waals surface area contributed by atoms with E-state index in [1.165, 1.54) is 122 Å². The van der Waals surface area contributed by atoms with Crippen LogP contribution in [0.1, 0.15) is 142 Å². The fourth-order valence-corrected chi connectivity index (χ4v) is 3.73. The second-order valence-electron chi connectivity index (χ2n) is 8.34. The van der Waals surface area contributed by atoms with Gasteiger partial charge in [0, 0.05) is 6.04 Å². The highest BCUT2D eigenvalue weighted by Gasteiger charge is 1.99. The summed E-state index contributed by atoms with van der Waals surface area (Å²) < 4.78 is 0. The number of hydrogen-bond acceptors (Lipinski definition) is 1. The summed E-state index contributed by atoms with van der Waals surface area (Å²) >= 11 is 0. The van der Waals surface area contributed by atoms with Gasteiger partial charge < -0.3 is 5.32 Å². The Balaban J connectivity index is 3.02. The van der Waals surface area contributed by atoms with Crippen LogP contribution in [-0.4, -0.2) is 12.5 Å². The molecule has 0 fully saturated rings. The number of unbranched alkanes of at least 4 members (excludes halogenated alkanes) is 18. The zero-order valence-corrected chi connectivity index (χ0v) is 18.2. The van der Waals surface area contributed by atoms with Crippen LogP contribution in [0, 0.1) is 0 Å². The van der Waals surface area contributed by atoms with Crippen molar-refractivity contribution in [3.05, 3.63) is 0 Å². The minimum Gasteiger partial charge on any atom is -0.356 e. The van der Waals surface area contributed by atoms with Crippen molar-refractivity contribution in [3.8, 4) is 0 Å². The SMILES string of the molecule is CCCCCCCCCCCCCCCCCCCCCC(C)NC=O. The van der Waals surface area contributed by atoms with Crippen LogP contribution in [0.2, 0.25) is 0 Å². The standard InChI is InChI=1S/C24H49NO/c1-3-4-5-6-7-8-9-10-11-12-13-14-15-16-17-18-19-20-21-22-24(2)25-23-26/h23-24H,3-22H2,1-2H3,(H,25,26). The molecular formula is C24H49NO. The maximum absolute atomic E-state index is 10.3. The largest absolute Gasteiger partial charge is 0.356 e.